The van der Waals surface area contributed by atoms with Crippen molar-refractivity contribution in [2.45, 2.75) is 26.9 Å². The normalized spacial score (nSPS) is 15.1. The van der Waals surface area contributed by atoms with Crippen LogP contribution < -0.4 is 15.4 Å². The summed E-state index contributed by atoms with van der Waals surface area (Å²) in [6.45, 7) is 11.4. The minimum absolute atomic E-state index is 0.585. The van der Waals surface area contributed by atoms with Gasteiger partial charge in [-0.3, -0.25) is 4.90 Å². The predicted octanol–water partition coefficient (Wildman–Crippen LogP) is 2.96. The first-order chi connectivity index (χ1) is 14.7. The lowest BCUT2D eigenvalue weighted by Crippen LogP contribution is -2.39. The predicted molar refractivity (Wildman–Crippen MR) is 122 cm³/mol. The van der Waals surface area contributed by atoms with Crippen molar-refractivity contribution in [3.63, 3.8) is 0 Å². The number of benzene rings is 2. The van der Waals surface area contributed by atoms with E-state index in [9.17, 15) is 0 Å². The maximum Gasteiger partial charge on any atom is 0.191 e. The molecule has 1 heterocycles. The molecular weight excluding hydrogens is 376 g/mol. The van der Waals surface area contributed by atoms with Crippen LogP contribution in [-0.2, 0) is 17.8 Å². The first-order valence-corrected chi connectivity index (χ1v) is 10.8. The van der Waals surface area contributed by atoms with Gasteiger partial charge >= 0.3 is 0 Å². The van der Waals surface area contributed by atoms with Crippen molar-refractivity contribution in [1.82, 2.24) is 15.5 Å². The van der Waals surface area contributed by atoms with E-state index in [1.807, 2.05) is 18.2 Å². The second-order valence-electron chi connectivity index (χ2n) is 7.44. The van der Waals surface area contributed by atoms with Gasteiger partial charge in [-0.05, 0) is 42.7 Å². The summed E-state index contributed by atoms with van der Waals surface area (Å²) in [7, 11) is 0. The number of guanidine groups is 1. The van der Waals surface area contributed by atoms with Gasteiger partial charge in [0.1, 0.15) is 12.4 Å². The van der Waals surface area contributed by atoms with E-state index in [0.717, 1.165) is 51.1 Å². The van der Waals surface area contributed by atoms with Crippen molar-refractivity contribution in [2.24, 2.45) is 4.99 Å². The fourth-order valence-corrected chi connectivity index (χ4v) is 3.42. The van der Waals surface area contributed by atoms with Crippen LogP contribution in [0.4, 0.5) is 0 Å². The van der Waals surface area contributed by atoms with Crippen LogP contribution in [0.25, 0.3) is 0 Å². The van der Waals surface area contributed by atoms with Gasteiger partial charge < -0.3 is 20.1 Å². The van der Waals surface area contributed by atoms with E-state index in [4.69, 9.17) is 14.5 Å². The Morgan fingerprint density at radius 2 is 1.87 bits per heavy atom. The summed E-state index contributed by atoms with van der Waals surface area (Å²) in [5, 5.41) is 6.68. The highest BCUT2D eigenvalue weighted by Crippen LogP contribution is 2.14. The molecule has 162 valence electrons. The molecule has 0 bridgehead atoms. The van der Waals surface area contributed by atoms with Gasteiger partial charge in [-0.2, -0.15) is 0 Å². The molecule has 0 saturated carbocycles. The lowest BCUT2D eigenvalue weighted by Gasteiger charge is -2.27. The zero-order valence-corrected chi connectivity index (χ0v) is 18.2. The van der Waals surface area contributed by atoms with Crippen LogP contribution >= 0.6 is 0 Å². The Balaban J connectivity index is 1.52. The van der Waals surface area contributed by atoms with Crippen LogP contribution in [0.2, 0.25) is 0 Å². The van der Waals surface area contributed by atoms with Gasteiger partial charge in [0, 0.05) is 26.2 Å². The molecule has 0 atom stereocenters. The number of morpholine rings is 1. The third kappa shape index (κ3) is 7.35. The summed E-state index contributed by atoms with van der Waals surface area (Å²) in [6, 6.07) is 16.7. The number of hydrogen-bond donors (Lipinski definition) is 2. The number of ether oxygens (including phenoxy) is 2. The molecule has 6 heteroatoms. The van der Waals surface area contributed by atoms with Crippen LogP contribution in [0.5, 0.6) is 5.75 Å². The minimum Gasteiger partial charge on any atom is -0.492 e. The molecular formula is C24H34N4O2. The molecule has 0 radical (unpaired) electrons. The molecule has 1 saturated heterocycles. The van der Waals surface area contributed by atoms with Gasteiger partial charge in [-0.25, -0.2) is 4.99 Å². The monoisotopic (exact) mass is 410 g/mol. The molecule has 0 aromatic heterocycles. The number of rotatable bonds is 9. The van der Waals surface area contributed by atoms with E-state index >= 15 is 0 Å². The van der Waals surface area contributed by atoms with Crippen molar-refractivity contribution in [1.29, 1.82) is 0 Å². The van der Waals surface area contributed by atoms with Crippen molar-refractivity contribution < 1.29 is 9.47 Å². The average molecular weight is 411 g/mol. The Hall–Kier alpha value is -2.57. The van der Waals surface area contributed by atoms with Crippen LogP contribution in [0.15, 0.2) is 53.5 Å². The number of hydrogen-bond acceptors (Lipinski definition) is 4. The van der Waals surface area contributed by atoms with Crippen molar-refractivity contribution >= 4 is 5.96 Å². The van der Waals surface area contributed by atoms with Gasteiger partial charge in [0.25, 0.3) is 0 Å². The fraction of sp³-hybridized carbons (Fsp3) is 0.458. The molecule has 0 unspecified atom stereocenters. The number of nitrogens with zero attached hydrogens (tertiary/aromatic N) is 2. The topological polar surface area (TPSA) is 58.1 Å². The van der Waals surface area contributed by atoms with E-state index in [1.54, 1.807) is 0 Å². The van der Waals surface area contributed by atoms with E-state index in [0.29, 0.717) is 19.7 Å². The zero-order chi connectivity index (χ0) is 21.0. The van der Waals surface area contributed by atoms with E-state index in [1.165, 1.54) is 16.7 Å². The molecule has 3 rings (SSSR count). The molecule has 0 aliphatic carbocycles. The number of nitrogens with one attached hydrogen (secondary N) is 2. The van der Waals surface area contributed by atoms with Crippen molar-refractivity contribution in [3.8, 4) is 5.75 Å². The Kier molecular flexibility index (Phi) is 9.00. The zero-order valence-electron chi connectivity index (χ0n) is 18.2. The summed E-state index contributed by atoms with van der Waals surface area (Å²) in [5.41, 5.74) is 3.80. The van der Waals surface area contributed by atoms with Crippen LogP contribution in [0.3, 0.4) is 0 Å². The van der Waals surface area contributed by atoms with Gasteiger partial charge in [0.05, 0.1) is 26.3 Å². The second kappa shape index (κ2) is 12.2. The minimum atomic E-state index is 0.585. The first kappa shape index (κ1) is 22.1. The van der Waals surface area contributed by atoms with Crippen LogP contribution in [0.1, 0.15) is 23.6 Å². The van der Waals surface area contributed by atoms with E-state index in [2.05, 4.69) is 59.7 Å². The quantitative estimate of drug-likeness (QED) is 0.378. The maximum absolute atomic E-state index is 5.82. The lowest BCUT2D eigenvalue weighted by atomic mass is 10.1. The molecule has 1 fully saturated rings. The van der Waals surface area contributed by atoms with E-state index < -0.39 is 0 Å². The van der Waals surface area contributed by atoms with Crippen molar-refractivity contribution in [3.05, 3.63) is 65.2 Å². The third-order valence-corrected chi connectivity index (χ3v) is 5.02. The summed E-state index contributed by atoms with van der Waals surface area (Å²) in [4.78, 5) is 7.23. The summed E-state index contributed by atoms with van der Waals surface area (Å²) >= 11 is 0. The molecule has 6 nitrogen and oxygen atoms in total. The molecule has 30 heavy (non-hydrogen) atoms. The smallest absolute Gasteiger partial charge is 0.191 e. The molecule has 1 aliphatic rings. The standard InChI is InChI=1S/C24H34N4O2/c1-3-25-24(26-11-14-30-23-10-6-7-20(2)17-23)27-18-21-8-4-5-9-22(21)19-28-12-15-29-16-13-28/h4-10,17H,3,11-16,18-19H2,1-2H3,(H2,25,26,27). The lowest BCUT2D eigenvalue weighted by molar-refractivity contribution is 0.0341. The SMILES string of the molecule is CCNC(=NCc1ccccc1CN1CCOCC1)NCCOc1cccc(C)c1. The summed E-state index contributed by atoms with van der Waals surface area (Å²) < 4.78 is 11.3. The maximum atomic E-state index is 5.82. The second-order valence-corrected chi connectivity index (χ2v) is 7.44. The third-order valence-electron chi connectivity index (χ3n) is 5.02. The van der Waals surface area contributed by atoms with Gasteiger partial charge in [0.15, 0.2) is 5.96 Å². The molecule has 1 aliphatic heterocycles. The fourth-order valence-electron chi connectivity index (χ4n) is 3.42. The Morgan fingerprint density at radius 1 is 1.07 bits per heavy atom. The Labute approximate surface area is 180 Å². The van der Waals surface area contributed by atoms with Gasteiger partial charge in [-0.1, -0.05) is 36.4 Å². The highest BCUT2D eigenvalue weighted by molar-refractivity contribution is 5.79. The molecule has 2 aromatic carbocycles. The van der Waals surface area contributed by atoms with Crippen LogP contribution in [-0.4, -0.2) is 56.9 Å². The Bertz CT molecular complexity index is 803. The molecule has 2 aromatic rings. The van der Waals surface area contributed by atoms with Crippen LogP contribution in [0, 0.1) is 6.92 Å². The highest BCUT2D eigenvalue weighted by Gasteiger charge is 2.12. The molecule has 0 amide bonds. The van der Waals surface area contributed by atoms with Crippen molar-refractivity contribution in [2.75, 3.05) is 46.0 Å². The highest BCUT2D eigenvalue weighted by atomic mass is 16.5. The molecule has 0 spiro atoms. The van der Waals surface area contributed by atoms with E-state index in [-0.39, 0.29) is 0 Å². The number of aryl methyl sites for hydroxylation is 1. The largest absolute Gasteiger partial charge is 0.492 e. The first-order valence-electron chi connectivity index (χ1n) is 10.8. The number of aliphatic imine (C=N–C) groups is 1. The molecule has 2 N–H and O–H groups in total. The van der Waals surface area contributed by atoms with Gasteiger partial charge in [0.2, 0.25) is 0 Å². The summed E-state index contributed by atoms with van der Waals surface area (Å²) in [6.07, 6.45) is 0. The average Bonchev–Trinajstić information content (AvgIpc) is 2.76. The Morgan fingerprint density at radius 3 is 2.63 bits per heavy atom. The van der Waals surface area contributed by atoms with Gasteiger partial charge in [-0.15, -0.1) is 0 Å². The summed E-state index contributed by atoms with van der Waals surface area (Å²) in [5.74, 6) is 1.71.